The number of nitrogens with one attached hydrogen (secondary N) is 1. The van der Waals surface area contributed by atoms with Gasteiger partial charge >= 0.3 is 0 Å². The van der Waals surface area contributed by atoms with Crippen LogP contribution in [0.4, 0.5) is 0 Å². The van der Waals surface area contributed by atoms with Crippen molar-refractivity contribution in [2.45, 2.75) is 84.3 Å². The van der Waals surface area contributed by atoms with Gasteiger partial charge in [0.05, 0.1) is 0 Å². The SMILES string of the molecule is CCCC(C)N1CC(CC)(CC)NCCC1C. The van der Waals surface area contributed by atoms with Gasteiger partial charge in [-0.15, -0.1) is 0 Å². The minimum atomic E-state index is 0.354. The monoisotopic (exact) mass is 240 g/mol. The molecule has 1 heterocycles. The van der Waals surface area contributed by atoms with E-state index in [9.17, 15) is 0 Å². The molecule has 0 aliphatic carbocycles. The van der Waals surface area contributed by atoms with Gasteiger partial charge in [-0.05, 0) is 46.1 Å². The standard InChI is InChI=1S/C15H32N2/c1-6-9-13(4)17-12-15(7-2,8-3)16-11-10-14(17)5/h13-14,16H,6-12H2,1-5H3. The molecule has 1 aliphatic rings. The normalized spacial score (nSPS) is 27.7. The van der Waals surface area contributed by atoms with Crippen LogP contribution >= 0.6 is 0 Å². The van der Waals surface area contributed by atoms with E-state index in [0.29, 0.717) is 5.54 Å². The quantitative estimate of drug-likeness (QED) is 0.792. The third-order valence-electron chi connectivity index (χ3n) is 4.74. The molecule has 102 valence electrons. The fourth-order valence-corrected chi connectivity index (χ4v) is 3.17. The minimum Gasteiger partial charge on any atom is -0.310 e. The Morgan fingerprint density at radius 1 is 1.29 bits per heavy atom. The molecule has 1 saturated heterocycles. The summed E-state index contributed by atoms with van der Waals surface area (Å²) in [5, 5.41) is 3.81. The van der Waals surface area contributed by atoms with Crippen LogP contribution in [-0.2, 0) is 0 Å². The van der Waals surface area contributed by atoms with Crippen molar-refractivity contribution in [1.29, 1.82) is 0 Å². The Labute approximate surface area is 108 Å². The zero-order valence-corrected chi connectivity index (χ0v) is 12.6. The maximum atomic E-state index is 3.81. The topological polar surface area (TPSA) is 15.3 Å². The summed E-state index contributed by atoms with van der Waals surface area (Å²) in [5.74, 6) is 0. The lowest BCUT2D eigenvalue weighted by molar-refractivity contribution is 0.111. The van der Waals surface area contributed by atoms with Crippen molar-refractivity contribution >= 4 is 0 Å². The Morgan fingerprint density at radius 3 is 2.47 bits per heavy atom. The molecule has 0 amide bonds. The summed E-state index contributed by atoms with van der Waals surface area (Å²) in [6.45, 7) is 14.2. The molecular weight excluding hydrogens is 208 g/mol. The predicted molar refractivity (Wildman–Crippen MR) is 76.5 cm³/mol. The molecule has 0 spiro atoms. The van der Waals surface area contributed by atoms with E-state index >= 15 is 0 Å². The maximum absolute atomic E-state index is 3.81. The molecule has 2 atom stereocenters. The van der Waals surface area contributed by atoms with Gasteiger partial charge in [-0.2, -0.15) is 0 Å². The maximum Gasteiger partial charge on any atom is 0.0303 e. The van der Waals surface area contributed by atoms with E-state index in [2.05, 4.69) is 44.8 Å². The summed E-state index contributed by atoms with van der Waals surface area (Å²) in [4.78, 5) is 2.75. The largest absolute Gasteiger partial charge is 0.310 e. The smallest absolute Gasteiger partial charge is 0.0303 e. The Kier molecular flexibility index (Phi) is 5.94. The van der Waals surface area contributed by atoms with Gasteiger partial charge in [0.25, 0.3) is 0 Å². The number of hydrogen-bond donors (Lipinski definition) is 1. The Bertz CT molecular complexity index is 211. The fraction of sp³-hybridized carbons (Fsp3) is 1.00. The van der Waals surface area contributed by atoms with E-state index in [1.165, 1.54) is 45.2 Å². The van der Waals surface area contributed by atoms with Crippen molar-refractivity contribution < 1.29 is 0 Å². The molecule has 2 heteroatoms. The van der Waals surface area contributed by atoms with Crippen LogP contribution in [0, 0.1) is 0 Å². The Balaban J connectivity index is 2.77. The molecule has 0 aromatic rings. The van der Waals surface area contributed by atoms with Crippen molar-refractivity contribution in [1.82, 2.24) is 10.2 Å². The van der Waals surface area contributed by atoms with Gasteiger partial charge in [0.15, 0.2) is 0 Å². The zero-order chi connectivity index (χ0) is 12.9. The zero-order valence-electron chi connectivity index (χ0n) is 12.6. The van der Waals surface area contributed by atoms with E-state index in [-0.39, 0.29) is 0 Å². The van der Waals surface area contributed by atoms with Gasteiger partial charge in [-0.1, -0.05) is 27.2 Å². The van der Waals surface area contributed by atoms with Gasteiger partial charge in [0.2, 0.25) is 0 Å². The van der Waals surface area contributed by atoms with Crippen molar-refractivity contribution in [2.75, 3.05) is 13.1 Å². The molecule has 2 nitrogen and oxygen atoms in total. The third-order valence-corrected chi connectivity index (χ3v) is 4.74. The molecule has 1 rings (SSSR count). The Morgan fingerprint density at radius 2 is 1.94 bits per heavy atom. The lowest BCUT2D eigenvalue weighted by Gasteiger charge is -2.40. The second kappa shape index (κ2) is 6.75. The average molecular weight is 240 g/mol. The lowest BCUT2D eigenvalue weighted by Crippen LogP contribution is -2.53. The highest BCUT2D eigenvalue weighted by molar-refractivity contribution is 4.94. The Hall–Kier alpha value is -0.0800. The molecule has 0 aromatic carbocycles. The first-order valence-corrected chi connectivity index (χ1v) is 7.59. The molecule has 2 unspecified atom stereocenters. The van der Waals surface area contributed by atoms with E-state index < -0.39 is 0 Å². The van der Waals surface area contributed by atoms with E-state index in [0.717, 1.165) is 12.1 Å². The van der Waals surface area contributed by atoms with Crippen molar-refractivity contribution in [2.24, 2.45) is 0 Å². The van der Waals surface area contributed by atoms with E-state index in [1.54, 1.807) is 0 Å². The van der Waals surface area contributed by atoms with Crippen molar-refractivity contribution in [3.8, 4) is 0 Å². The summed E-state index contributed by atoms with van der Waals surface area (Å²) in [5.41, 5.74) is 0.354. The first kappa shape index (κ1) is 15.0. The number of nitrogens with zero attached hydrogens (tertiary/aromatic N) is 1. The van der Waals surface area contributed by atoms with Crippen LogP contribution < -0.4 is 5.32 Å². The molecule has 1 N–H and O–H groups in total. The molecule has 0 saturated carbocycles. The molecule has 17 heavy (non-hydrogen) atoms. The number of hydrogen-bond acceptors (Lipinski definition) is 2. The van der Waals surface area contributed by atoms with Crippen molar-refractivity contribution in [3.63, 3.8) is 0 Å². The molecule has 0 radical (unpaired) electrons. The summed E-state index contributed by atoms with van der Waals surface area (Å²) in [6, 6.07) is 1.45. The van der Waals surface area contributed by atoms with E-state index in [1.807, 2.05) is 0 Å². The molecule has 0 bridgehead atoms. The summed E-state index contributed by atoms with van der Waals surface area (Å²) in [7, 11) is 0. The van der Waals surface area contributed by atoms with Gasteiger partial charge in [-0.3, -0.25) is 4.90 Å². The van der Waals surface area contributed by atoms with Crippen LogP contribution in [-0.4, -0.2) is 35.6 Å². The fourth-order valence-electron chi connectivity index (χ4n) is 3.17. The predicted octanol–water partition coefficient (Wildman–Crippen LogP) is 3.42. The average Bonchev–Trinajstić information content (AvgIpc) is 2.49. The van der Waals surface area contributed by atoms with Crippen LogP contribution in [0.2, 0.25) is 0 Å². The van der Waals surface area contributed by atoms with Crippen LogP contribution in [0.25, 0.3) is 0 Å². The van der Waals surface area contributed by atoms with Gasteiger partial charge in [0, 0.05) is 24.2 Å². The molecule has 1 aliphatic heterocycles. The first-order chi connectivity index (χ1) is 8.08. The second-order valence-corrected chi connectivity index (χ2v) is 5.86. The van der Waals surface area contributed by atoms with Crippen LogP contribution in [0.5, 0.6) is 0 Å². The van der Waals surface area contributed by atoms with Crippen LogP contribution in [0.15, 0.2) is 0 Å². The van der Waals surface area contributed by atoms with E-state index in [4.69, 9.17) is 0 Å². The van der Waals surface area contributed by atoms with Crippen molar-refractivity contribution in [3.05, 3.63) is 0 Å². The molecule has 1 fully saturated rings. The first-order valence-electron chi connectivity index (χ1n) is 7.59. The third kappa shape index (κ3) is 3.69. The molecule has 0 aromatic heterocycles. The molecular formula is C15H32N2. The van der Waals surface area contributed by atoms with Crippen LogP contribution in [0.1, 0.15) is 66.7 Å². The highest BCUT2D eigenvalue weighted by Gasteiger charge is 2.34. The summed E-state index contributed by atoms with van der Waals surface area (Å²) < 4.78 is 0. The summed E-state index contributed by atoms with van der Waals surface area (Å²) in [6.07, 6.45) is 6.39. The highest BCUT2D eigenvalue weighted by Crippen LogP contribution is 2.25. The lowest BCUT2D eigenvalue weighted by atomic mass is 9.91. The highest BCUT2D eigenvalue weighted by atomic mass is 15.2. The van der Waals surface area contributed by atoms with Gasteiger partial charge in [-0.25, -0.2) is 0 Å². The van der Waals surface area contributed by atoms with Crippen LogP contribution in [0.3, 0.4) is 0 Å². The summed E-state index contributed by atoms with van der Waals surface area (Å²) >= 11 is 0. The minimum absolute atomic E-state index is 0.354. The number of rotatable bonds is 5. The van der Waals surface area contributed by atoms with Gasteiger partial charge < -0.3 is 5.32 Å². The van der Waals surface area contributed by atoms with Gasteiger partial charge in [0.1, 0.15) is 0 Å². The second-order valence-electron chi connectivity index (χ2n) is 5.86.